The van der Waals surface area contributed by atoms with Crippen molar-refractivity contribution >= 4 is 10.9 Å². The highest BCUT2D eigenvalue weighted by atomic mass is 16.3. The molecule has 0 saturated heterocycles. The molecule has 4 rings (SSSR count). The van der Waals surface area contributed by atoms with Crippen LogP contribution in [0.2, 0.25) is 0 Å². The van der Waals surface area contributed by atoms with Crippen LogP contribution >= 0.6 is 0 Å². The van der Waals surface area contributed by atoms with E-state index in [-0.39, 0.29) is 16.9 Å². The lowest BCUT2D eigenvalue weighted by molar-refractivity contribution is 0.421. The Morgan fingerprint density at radius 2 is 1.60 bits per heavy atom. The molecule has 3 nitrogen and oxygen atoms in total. The van der Waals surface area contributed by atoms with E-state index in [1.165, 1.54) is 33.3 Å². The van der Waals surface area contributed by atoms with Crippen LogP contribution in [0.1, 0.15) is 88.0 Å². The van der Waals surface area contributed by atoms with E-state index < -0.39 is 0 Å². The highest BCUT2D eigenvalue weighted by Crippen LogP contribution is 2.43. The van der Waals surface area contributed by atoms with Crippen LogP contribution in [0.25, 0.3) is 10.9 Å². The molecule has 0 fully saturated rings. The minimum atomic E-state index is -0.131. The van der Waals surface area contributed by atoms with E-state index in [2.05, 4.69) is 89.1 Å². The van der Waals surface area contributed by atoms with Crippen molar-refractivity contribution in [2.45, 2.75) is 78.2 Å². The maximum Gasteiger partial charge on any atom is 0.123 e. The summed E-state index contributed by atoms with van der Waals surface area (Å²) in [5.74, 6) is 0.444. The number of aromatic amines is 1. The molecule has 2 heterocycles. The molecule has 1 aliphatic heterocycles. The van der Waals surface area contributed by atoms with Gasteiger partial charge in [0, 0.05) is 23.1 Å². The fraction of sp³-hybridized carbons (Fsp3) is 0.481. The second kappa shape index (κ2) is 7.16. The normalized spacial score (nSPS) is 17.4. The summed E-state index contributed by atoms with van der Waals surface area (Å²) in [5, 5.41) is 16.2. The molecule has 0 amide bonds. The number of phenolic OH excluding ortho intramolecular Hbond substituents is 1. The Balaban J connectivity index is 1.92. The van der Waals surface area contributed by atoms with Gasteiger partial charge in [-0.1, -0.05) is 54.5 Å². The van der Waals surface area contributed by atoms with Crippen LogP contribution in [0, 0.1) is 0 Å². The Morgan fingerprint density at radius 1 is 0.967 bits per heavy atom. The van der Waals surface area contributed by atoms with E-state index in [9.17, 15) is 5.11 Å². The van der Waals surface area contributed by atoms with Gasteiger partial charge in [0.15, 0.2) is 0 Å². The molecule has 160 valence electrons. The minimum Gasteiger partial charge on any atom is -0.507 e. The van der Waals surface area contributed by atoms with E-state index in [1.54, 1.807) is 0 Å². The van der Waals surface area contributed by atoms with Crippen LogP contribution in [0.4, 0.5) is 0 Å². The van der Waals surface area contributed by atoms with E-state index in [4.69, 9.17) is 0 Å². The van der Waals surface area contributed by atoms with Gasteiger partial charge in [0.2, 0.25) is 0 Å². The van der Waals surface area contributed by atoms with Crippen molar-refractivity contribution < 1.29 is 5.11 Å². The van der Waals surface area contributed by atoms with Gasteiger partial charge in [0.05, 0.1) is 6.04 Å². The molecule has 0 saturated carbocycles. The van der Waals surface area contributed by atoms with Gasteiger partial charge < -0.3 is 15.4 Å². The van der Waals surface area contributed by atoms with E-state index >= 15 is 0 Å². The van der Waals surface area contributed by atoms with Crippen LogP contribution < -0.4 is 5.32 Å². The van der Waals surface area contributed by atoms with Crippen molar-refractivity contribution in [3.05, 3.63) is 63.8 Å². The highest BCUT2D eigenvalue weighted by molar-refractivity contribution is 5.86. The zero-order valence-electron chi connectivity index (χ0n) is 19.5. The van der Waals surface area contributed by atoms with Crippen molar-refractivity contribution in [2.24, 2.45) is 0 Å². The van der Waals surface area contributed by atoms with Gasteiger partial charge in [0.1, 0.15) is 5.75 Å². The number of hydrogen-bond acceptors (Lipinski definition) is 2. The van der Waals surface area contributed by atoms with Crippen LogP contribution in [0.15, 0.2) is 30.3 Å². The number of benzene rings is 2. The Kier molecular flexibility index (Phi) is 5.01. The summed E-state index contributed by atoms with van der Waals surface area (Å²) in [7, 11) is 0. The zero-order valence-corrected chi connectivity index (χ0v) is 19.5. The number of aromatic hydroxyl groups is 1. The Morgan fingerprint density at radius 3 is 2.17 bits per heavy atom. The molecule has 30 heavy (non-hydrogen) atoms. The Labute approximate surface area is 180 Å². The molecule has 2 aromatic carbocycles. The predicted octanol–water partition coefficient (Wildman–Crippen LogP) is 6.27. The molecule has 3 N–H and O–H groups in total. The molecule has 0 bridgehead atoms. The lowest BCUT2D eigenvalue weighted by Crippen LogP contribution is -2.31. The highest BCUT2D eigenvalue weighted by Gasteiger charge is 2.31. The molecule has 0 spiro atoms. The number of phenols is 1. The molecule has 3 aromatic rings. The number of nitrogens with one attached hydrogen (secondary N) is 2. The first kappa shape index (κ1) is 21.0. The third-order valence-electron chi connectivity index (χ3n) is 6.51. The maximum absolute atomic E-state index is 11.1. The largest absolute Gasteiger partial charge is 0.507 e. The molecule has 1 atom stereocenters. The first-order valence-electron chi connectivity index (χ1n) is 11.3. The quantitative estimate of drug-likeness (QED) is 0.472. The molecule has 3 heteroatoms. The first-order valence-corrected chi connectivity index (χ1v) is 11.3. The number of hydrogen-bond donors (Lipinski definition) is 3. The van der Waals surface area contributed by atoms with Crippen molar-refractivity contribution in [1.82, 2.24) is 10.3 Å². The van der Waals surface area contributed by atoms with Gasteiger partial charge >= 0.3 is 0 Å². The van der Waals surface area contributed by atoms with E-state index in [0.29, 0.717) is 5.75 Å². The second-order valence-electron chi connectivity index (χ2n) is 10.9. The molecule has 0 aliphatic carbocycles. The Hall–Kier alpha value is -2.26. The average molecular weight is 405 g/mol. The van der Waals surface area contributed by atoms with E-state index in [1.807, 2.05) is 0 Å². The number of rotatable bonds is 2. The second-order valence-corrected chi connectivity index (χ2v) is 10.9. The molecular formula is C27H36N2O. The standard InChI is InChI=1S/C27H36N2O/c1-8-16-9-10-22-19(13-16)18-11-12-28-23(24(18)29-22)17-14-20(26(2,3)4)25(30)21(15-17)27(5,6)7/h9-10,13-15,23,28-30H,8,11-12H2,1-7H3. The molecule has 1 aliphatic rings. The van der Waals surface area contributed by atoms with Gasteiger partial charge in [-0.25, -0.2) is 0 Å². The van der Waals surface area contributed by atoms with Crippen molar-refractivity contribution in [1.29, 1.82) is 0 Å². The fourth-order valence-electron chi connectivity index (χ4n) is 4.75. The van der Waals surface area contributed by atoms with E-state index in [0.717, 1.165) is 30.5 Å². The number of H-pyrrole nitrogens is 1. The lowest BCUT2D eigenvalue weighted by Gasteiger charge is -2.31. The smallest absolute Gasteiger partial charge is 0.123 e. The van der Waals surface area contributed by atoms with Gasteiger partial charge in [-0.2, -0.15) is 0 Å². The molecule has 1 unspecified atom stereocenters. The van der Waals surface area contributed by atoms with Crippen LogP contribution in [0.5, 0.6) is 5.75 Å². The number of aryl methyl sites for hydroxylation is 1. The Bertz CT molecular complexity index is 1060. The van der Waals surface area contributed by atoms with Crippen molar-refractivity contribution in [3.63, 3.8) is 0 Å². The molecule has 0 radical (unpaired) electrons. The summed E-state index contributed by atoms with van der Waals surface area (Å²) in [6.07, 6.45) is 2.09. The monoisotopic (exact) mass is 404 g/mol. The van der Waals surface area contributed by atoms with Gasteiger partial charge in [-0.15, -0.1) is 0 Å². The molecular weight excluding hydrogens is 368 g/mol. The van der Waals surface area contributed by atoms with Gasteiger partial charge in [-0.05, 0) is 75.8 Å². The first-order chi connectivity index (χ1) is 14.0. The van der Waals surface area contributed by atoms with Crippen LogP contribution in [-0.2, 0) is 23.7 Å². The average Bonchev–Trinajstić information content (AvgIpc) is 3.04. The van der Waals surface area contributed by atoms with Crippen LogP contribution in [0.3, 0.4) is 0 Å². The predicted molar refractivity (Wildman–Crippen MR) is 127 cm³/mol. The molecule has 1 aromatic heterocycles. The van der Waals surface area contributed by atoms with Crippen LogP contribution in [-0.4, -0.2) is 16.6 Å². The summed E-state index contributed by atoms with van der Waals surface area (Å²) < 4.78 is 0. The third-order valence-corrected chi connectivity index (χ3v) is 6.51. The van der Waals surface area contributed by atoms with Crippen molar-refractivity contribution in [3.8, 4) is 5.75 Å². The maximum atomic E-state index is 11.1. The summed E-state index contributed by atoms with van der Waals surface area (Å²) >= 11 is 0. The zero-order chi connectivity index (χ0) is 21.8. The van der Waals surface area contributed by atoms with Crippen molar-refractivity contribution in [2.75, 3.05) is 6.54 Å². The number of fused-ring (bicyclic) bond motifs is 3. The SMILES string of the molecule is CCc1ccc2[nH]c3c(c2c1)CCNC3c1cc(C(C)(C)C)c(O)c(C(C)(C)C)c1. The third kappa shape index (κ3) is 3.54. The van der Waals surface area contributed by atoms with Gasteiger partial charge in [-0.3, -0.25) is 0 Å². The summed E-state index contributed by atoms with van der Waals surface area (Å²) in [4.78, 5) is 3.72. The summed E-state index contributed by atoms with van der Waals surface area (Å²) in [5.41, 5.74) is 8.31. The topological polar surface area (TPSA) is 48.0 Å². The number of aromatic nitrogens is 1. The summed E-state index contributed by atoms with van der Waals surface area (Å²) in [6, 6.07) is 11.3. The fourth-order valence-corrected chi connectivity index (χ4v) is 4.75. The van der Waals surface area contributed by atoms with Gasteiger partial charge in [0.25, 0.3) is 0 Å². The minimum absolute atomic E-state index is 0.106. The lowest BCUT2D eigenvalue weighted by atomic mass is 9.77. The summed E-state index contributed by atoms with van der Waals surface area (Å²) in [6.45, 7) is 16.2.